The van der Waals surface area contributed by atoms with Gasteiger partial charge < -0.3 is 10.1 Å². The molecule has 3 amide bonds. The van der Waals surface area contributed by atoms with Gasteiger partial charge in [-0.2, -0.15) is 0 Å². The molecule has 4 heterocycles. The van der Waals surface area contributed by atoms with Crippen LogP contribution in [0.1, 0.15) is 41.3 Å². The lowest BCUT2D eigenvalue weighted by Crippen LogP contribution is -2.54. The fourth-order valence-electron chi connectivity index (χ4n) is 6.65. The van der Waals surface area contributed by atoms with Gasteiger partial charge in [0.1, 0.15) is 5.54 Å². The van der Waals surface area contributed by atoms with Crippen molar-refractivity contribution in [2.24, 2.45) is 11.8 Å². The van der Waals surface area contributed by atoms with Gasteiger partial charge in [0, 0.05) is 22.3 Å². The zero-order valence-electron chi connectivity index (χ0n) is 19.3. The topological polar surface area (TPSA) is 96.0 Å². The van der Waals surface area contributed by atoms with E-state index in [1.165, 1.54) is 4.90 Å². The number of amides is 3. The second kappa shape index (κ2) is 7.63. The standard InChI is InChI=1S/C26H24ClN3O5/c1-3-35-24(33)14-6-8-16(9-7-14)30-22(31)19-18-5-4-10-29(18)26(20(19)23(30)32)17-12-15(27)11-13(2)21(17)28-25(26)34/h6-9,11-12,18-20H,3-5,10H2,1-2H3,(H,28,34)/t18-,19+,20-,26-/m0/s1. The highest BCUT2D eigenvalue weighted by molar-refractivity contribution is 6.31. The molecule has 9 heteroatoms. The Bertz CT molecular complexity index is 1310. The Morgan fingerprint density at radius 1 is 1.17 bits per heavy atom. The number of carbonyl (C=O) groups excluding carboxylic acids is 4. The first-order valence-electron chi connectivity index (χ1n) is 11.8. The molecule has 6 rings (SSSR count). The van der Waals surface area contributed by atoms with E-state index in [9.17, 15) is 19.2 Å². The minimum Gasteiger partial charge on any atom is -0.462 e. The van der Waals surface area contributed by atoms with Crippen molar-refractivity contribution in [2.75, 3.05) is 23.4 Å². The van der Waals surface area contributed by atoms with E-state index < -0.39 is 29.3 Å². The molecule has 2 aromatic rings. The number of fused-ring (bicyclic) bond motifs is 7. The van der Waals surface area contributed by atoms with Crippen molar-refractivity contribution in [1.82, 2.24) is 4.90 Å². The van der Waals surface area contributed by atoms with E-state index in [-0.39, 0.29) is 24.5 Å². The maximum Gasteiger partial charge on any atom is 0.338 e. The summed E-state index contributed by atoms with van der Waals surface area (Å²) in [6.45, 7) is 4.47. The van der Waals surface area contributed by atoms with Crippen molar-refractivity contribution < 1.29 is 23.9 Å². The normalized spacial score (nSPS) is 28.9. The summed E-state index contributed by atoms with van der Waals surface area (Å²) in [6, 6.07) is 9.57. The molecule has 4 atom stereocenters. The van der Waals surface area contributed by atoms with Gasteiger partial charge in [-0.05, 0) is 75.2 Å². The molecular formula is C26H24ClN3O5. The highest BCUT2D eigenvalue weighted by Gasteiger charge is 2.74. The van der Waals surface area contributed by atoms with Crippen LogP contribution in [0.15, 0.2) is 36.4 Å². The van der Waals surface area contributed by atoms with Crippen molar-refractivity contribution >= 4 is 46.7 Å². The number of ether oxygens (including phenoxy) is 1. The number of imide groups is 1. The Labute approximate surface area is 207 Å². The Hall–Kier alpha value is -3.23. The second-order valence-corrected chi connectivity index (χ2v) is 9.99. The van der Waals surface area contributed by atoms with E-state index >= 15 is 0 Å². The van der Waals surface area contributed by atoms with Crippen LogP contribution in [0.3, 0.4) is 0 Å². The average molecular weight is 494 g/mol. The number of nitrogens with one attached hydrogen (secondary N) is 1. The lowest BCUT2D eigenvalue weighted by atomic mass is 9.75. The van der Waals surface area contributed by atoms with E-state index in [0.29, 0.717) is 34.1 Å². The molecule has 3 fully saturated rings. The number of nitrogens with zero attached hydrogens (tertiary/aromatic N) is 2. The van der Waals surface area contributed by atoms with Crippen molar-refractivity contribution in [3.8, 4) is 0 Å². The molecule has 3 saturated heterocycles. The summed E-state index contributed by atoms with van der Waals surface area (Å²) in [7, 11) is 0. The van der Waals surface area contributed by atoms with Crippen molar-refractivity contribution in [3.05, 3.63) is 58.1 Å². The molecule has 1 N–H and O–H groups in total. The molecular weight excluding hydrogens is 470 g/mol. The van der Waals surface area contributed by atoms with Gasteiger partial charge in [0.25, 0.3) is 0 Å². The smallest absolute Gasteiger partial charge is 0.338 e. The van der Waals surface area contributed by atoms with Crippen LogP contribution in [-0.2, 0) is 24.7 Å². The molecule has 4 aliphatic rings. The van der Waals surface area contributed by atoms with Crippen LogP contribution < -0.4 is 10.2 Å². The fourth-order valence-corrected chi connectivity index (χ4v) is 6.92. The summed E-state index contributed by atoms with van der Waals surface area (Å²) >= 11 is 6.42. The summed E-state index contributed by atoms with van der Waals surface area (Å²) in [4.78, 5) is 56.8. The van der Waals surface area contributed by atoms with Crippen molar-refractivity contribution in [2.45, 2.75) is 38.3 Å². The minimum absolute atomic E-state index is 0.212. The predicted octanol–water partition coefficient (Wildman–Crippen LogP) is 3.26. The van der Waals surface area contributed by atoms with Gasteiger partial charge >= 0.3 is 5.97 Å². The first-order valence-corrected chi connectivity index (χ1v) is 12.2. The van der Waals surface area contributed by atoms with Gasteiger partial charge in [0.15, 0.2) is 0 Å². The summed E-state index contributed by atoms with van der Waals surface area (Å²) in [5.41, 5.74) is 1.60. The molecule has 0 saturated carbocycles. The van der Waals surface area contributed by atoms with Crippen LogP contribution in [-0.4, -0.2) is 47.8 Å². The van der Waals surface area contributed by atoms with Crippen LogP contribution in [0.2, 0.25) is 5.02 Å². The van der Waals surface area contributed by atoms with Crippen LogP contribution in [0, 0.1) is 18.8 Å². The number of hydrogen-bond donors (Lipinski definition) is 1. The number of halogens is 1. The van der Waals surface area contributed by atoms with Gasteiger partial charge in [-0.1, -0.05) is 11.6 Å². The lowest BCUT2D eigenvalue weighted by molar-refractivity contribution is -0.135. The quantitative estimate of drug-likeness (QED) is 0.521. The molecule has 0 aromatic heterocycles. The SMILES string of the molecule is CCOC(=O)c1ccc(N2C(=O)[C@H]3[C@@H](C2=O)[C@@]2(C(=O)Nc4c(C)cc(Cl)cc42)N2CCC[C@@H]32)cc1. The third-order valence-electron chi connectivity index (χ3n) is 7.90. The van der Waals surface area contributed by atoms with Gasteiger partial charge in [-0.15, -0.1) is 0 Å². The fraction of sp³-hybridized carbons (Fsp3) is 0.385. The van der Waals surface area contributed by atoms with E-state index in [4.69, 9.17) is 16.3 Å². The molecule has 2 aromatic carbocycles. The van der Waals surface area contributed by atoms with Crippen LogP contribution >= 0.6 is 11.6 Å². The average Bonchev–Trinajstić information content (AvgIpc) is 3.53. The number of anilines is 2. The molecule has 4 aliphatic heterocycles. The lowest BCUT2D eigenvalue weighted by Gasteiger charge is -2.36. The Balaban J connectivity index is 1.46. The molecule has 35 heavy (non-hydrogen) atoms. The number of hydrogen-bond acceptors (Lipinski definition) is 6. The number of rotatable bonds is 3. The maximum absolute atomic E-state index is 14.0. The van der Waals surface area contributed by atoms with Crippen LogP contribution in [0.5, 0.6) is 0 Å². The Morgan fingerprint density at radius 2 is 1.91 bits per heavy atom. The maximum atomic E-state index is 14.0. The minimum atomic E-state index is -1.27. The van der Waals surface area contributed by atoms with Crippen LogP contribution in [0.25, 0.3) is 0 Å². The Kier molecular flexibility index (Phi) is 4.85. The summed E-state index contributed by atoms with van der Waals surface area (Å²) in [6.07, 6.45) is 1.58. The second-order valence-electron chi connectivity index (χ2n) is 9.55. The molecule has 0 aliphatic carbocycles. The predicted molar refractivity (Wildman–Crippen MR) is 128 cm³/mol. The molecule has 0 radical (unpaired) electrons. The van der Waals surface area contributed by atoms with E-state index in [0.717, 1.165) is 18.4 Å². The molecule has 180 valence electrons. The largest absolute Gasteiger partial charge is 0.462 e. The molecule has 8 nitrogen and oxygen atoms in total. The highest BCUT2D eigenvalue weighted by Crippen LogP contribution is 2.61. The van der Waals surface area contributed by atoms with Gasteiger partial charge in [0.2, 0.25) is 17.7 Å². The van der Waals surface area contributed by atoms with Gasteiger partial charge in [0.05, 0.1) is 29.7 Å². The van der Waals surface area contributed by atoms with E-state index in [1.807, 2.05) is 6.92 Å². The molecule has 1 spiro atoms. The molecule has 0 unspecified atom stereocenters. The summed E-state index contributed by atoms with van der Waals surface area (Å²) < 4.78 is 5.02. The van der Waals surface area contributed by atoms with E-state index in [2.05, 4.69) is 10.2 Å². The first-order chi connectivity index (χ1) is 16.8. The van der Waals surface area contributed by atoms with E-state index in [1.54, 1.807) is 43.3 Å². The highest BCUT2D eigenvalue weighted by atomic mass is 35.5. The zero-order chi connectivity index (χ0) is 24.6. The van der Waals surface area contributed by atoms with Gasteiger partial charge in [-0.3, -0.25) is 19.3 Å². The van der Waals surface area contributed by atoms with Crippen molar-refractivity contribution in [1.29, 1.82) is 0 Å². The number of aryl methyl sites for hydroxylation is 1. The Morgan fingerprint density at radius 3 is 2.63 bits per heavy atom. The van der Waals surface area contributed by atoms with Gasteiger partial charge in [-0.25, -0.2) is 9.69 Å². The molecule has 0 bridgehead atoms. The number of carbonyl (C=O) groups is 4. The number of esters is 1. The third kappa shape index (κ3) is 2.78. The monoisotopic (exact) mass is 493 g/mol. The summed E-state index contributed by atoms with van der Waals surface area (Å²) in [5, 5.41) is 3.49. The number of benzene rings is 2. The first kappa shape index (κ1) is 22.2. The third-order valence-corrected chi connectivity index (χ3v) is 8.12. The zero-order valence-corrected chi connectivity index (χ0v) is 20.1. The van der Waals surface area contributed by atoms with Crippen LogP contribution in [0.4, 0.5) is 11.4 Å². The van der Waals surface area contributed by atoms with Crippen molar-refractivity contribution in [3.63, 3.8) is 0 Å². The summed E-state index contributed by atoms with van der Waals surface area (Å²) in [5.74, 6) is -2.95.